The van der Waals surface area contributed by atoms with Crippen LogP contribution in [0.5, 0.6) is 0 Å². The van der Waals surface area contributed by atoms with Gasteiger partial charge in [-0.3, -0.25) is 19.2 Å². The second kappa shape index (κ2) is 14.2. The minimum Gasteiger partial charge on any atom is -0.460 e. The summed E-state index contributed by atoms with van der Waals surface area (Å²) in [6, 6.07) is 12.9. The Morgan fingerprint density at radius 1 is 1.17 bits per heavy atom. The molecular formula is C37H45N3O7. The predicted octanol–water partition coefficient (Wildman–Crippen LogP) is 3.94. The van der Waals surface area contributed by atoms with Crippen molar-refractivity contribution in [2.24, 2.45) is 11.8 Å². The first-order valence-corrected chi connectivity index (χ1v) is 16.3. The van der Waals surface area contributed by atoms with Gasteiger partial charge in [0.2, 0.25) is 11.8 Å². The summed E-state index contributed by atoms with van der Waals surface area (Å²) in [5.41, 5.74) is 1.89. The number of ether oxygens (including phenoxy) is 2. The van der Waals surface area contributed by atoms with Crippen molar-refractivity contribution in [3.8, 4) is 0 Å². The second-order valence-electron chi connectivity index (χ2n) is 12.8. The molecule has 3 fully saturated rings. The van der Waals surface area contributed by atoms with Crippen LogP contribution < -0.4 is 10.2 Å². The third-order valence-corrected chi connectivity index (χ3v) is 9.65. The monoisotopic (exact) mass is 643 g/mol. The molecule has 0 radical (unpaired) electrons. The van der Waals surface area contributed by atoms with Crippen molar-refractivity contribution in [2.45, 2.75) is 76.3 Å². The number of rotatable bonds is 14. The summed E-state index contributed by atoms with van der Waals surface area (Å²) in [6.45, 7) is 12.9. The highest BCUT2D eigenvalue weighted by atomic mass is 16.6. The topological polar surface area (TPSA) is 125 Å². The third-order valence-electron chi connectivity index (χ3n) is 9.65. The fourth-order valence-corrected chi connectivity index (χ4v) is 7.50. The maximum Gasteiger partial charge on any atom is 0.312 e. The van der Waals surface area contributed by atoms with E-state index in [4.69, 9.17) is 9.47 Å². The lowest BCUT2D eigenvalue weighted by Crippen LogP contribution is -2.57. The number of carbonyl (C=O) groups is 4. The average molecular weight is 644 g/mol. The molecule has 5 rings (SSSR count). The first-order chi connectivity index (χ1) is 22.6. The molecule has 47 heavy (non-hydrogen) atoms. The standard InChI is InChI=1S/C37H45N3O7/c1-6-8-14-30(42)38-21-25(5)46-36(45)31-29-17-18-37(47-29)32(31)34(43)40(28(22-41)26-12-10-9-11-13-26)33(37)35(44)39(19-7-2)27-20-23(3)15-16-24(27)4/h6-7,9-13,15-16,20,25,28-29,31-33,41H,1-2,8,14,17-19,21-22H2,3-5H3,(H,38,42)/t25-,28+,29+,31-,32-,33+,37-/m0/s1. The summed E-state index contributed by atoms with van der Waals surface area (Å²) in [5.74, 6) is -3.51. The van der Waals surface area contributed by atoms with Crippen LogP contribution >= 0.6 is 0 Å². The van der Waals surface area contributed by atoms with E-state index in [1.807, 2.05) is 62.4 Å². The van der Waals surface area contributed by atoms with E-state index in [-0.39, 0.29) is 31.3 Å². The number of hydrogen-bond acceptors (Lipinski definition) is 7. The van der Waals surface area contributed by atoms with Crippen molar-refractivity contribution < 1.29 is 33.8 Å². The lowest BCUT2D eigenvalue weighted by molar-refractivity contribution is -0.159. The number of nitrogens with zero attached hydrogens (tertiary/aromatic N) is 2. The molecule has 3 heterocycles. The zero-order chi connectivity index (χ0) is 33.9. The molecule has 1 spiro atoms. The molecule has 0 aliphatic carbocycles. The van der Waals surface area contributed by atoms with Gasteiger partial charge in [0.05, 0.1) is 37.1 Å². The van der Waals surface area contributed by atoms with Crippen molar-refractivity contribution >= 4 is 29.4 Å². The van der Waals surface area contributed by atoms with Crippen molar-refractivity contribution in [1.29, 1.82) is 0 Å². The van der Waals surface area contributed by atoms with E-state index in [2.05, 4.69) is 18.5 Å². The van der Waals surface area contributed by atoms with Gasteiger partial charge in [-0.1, -0.05) is 54.6 Å². The SMILES string of the molecule is C=CCCC(=O)NC[C@H](C)OC(=O)[C@@H]1[C@H]2C(=O)N([C@H](CO)c3ccccc3)[C@H](C(=O)N(CC=C)c3cc(C)ccc3C)[C@]23CC[C@H]1O3. The smallest absolute Gasteiger partial charge is 0.312 e. The van der Waals surface area contributed by atoms with Crippen molar-refractivity contribution in [3.63, 3.8) is 0 Å². The summed E-state index contributed by atoms with van der Waals surface area (Å²) < 4.78 is 12.4. The lowest BCUT2D eigenvalue weighted by atomic mass is 9.70. The van der Waals surface area contributed by atoms with Gasteiger partial charge in [0.25, 0.3) is 5.91 Å². The number of aliphatic hydroxyl groups excluding tert-OH is 1. The molecule has 0 aromatic heterocycles. The number of carbonyl (C=O) groups excluding carboxylic acids is 4. The van der Waals surface area contributed by atoms with E-state index in [9.17, 15) is 24.3 Å². The number of likely N-dealkylation sites (tertiary alicyclic amines) is 1. The Labute approximate surface area is 276 Å². The van der Waals surface area contributed by atoms with Gasteiger partial charge in [-0.25, -0.2) is 0 Å². The number of amides is 3. The van der Waals surface area contributed by atoms with E-state index < -0.39 is 60.2 Å². The van der Waals surface area contributed by atoms with E-state index in [1.54, 1.807) is 24.0 Å². The lowest BCUT2D eigenvalue weighted by Gasteiger charge is -2.39. The number of allylic oxidation sites excluding steroid dienone is 1. The Balaban J connectivity index is 1.52. The normalized spacial score (nSPS) is 25.5. The first-order valence-electron chi connectivity index (χ1n) is 16.3. The molecule has 2 N–H and O–H groups in total. The Morgan fingerprint density at radius 3 is 2.60 bits per heavy atom. The van der Waals surface area contributed by atoms with Crippen molar-refractivity contribution in [2.75, 3.05) is 24.6 Å². The average Bonchev–Trinajstić information content (AvgIpc) is 3.71. The molecule has 3 saturated heterocycles. The Kier molecular flexibility index (Phi) is 10.3. The Hall–Kier alpha value is -4.28. The third kappa shape index (κ3) is 6.36. The second-order valence-corrected chi connectivity index (χ2v) is 12.8. The van der Waals surface area contributed by atoms with Crippen LogP contribution in [-0.4, -0.2) is 77.2 Å². The van der Waals surface area contributed by atoms with E-state index in [0.717, 1.165) is 11.1 Å². The quantitative estimate of drug-likeness (QED) is 0.236. The largest absolute Gasteiger partial charge is 0.460 e. The highest BCUT2D eigenvalue weighted by Crippen LogP contribution is 2.60. The Bertz CT molecular complexity index is 1530. The van der Waals surface area contributed by atoms with Crippen LogP contribution in [0.3, 0.4) is 0 Å². The number of benzene rings is 2. The van der Waals surface area contributed by atoms with E-state index in [0.29, 0.717) is 30.5 Å². The number of nitrogens with one attached hydrogen (secondary N) is 1. The number of esters is 1. The highest BCUT2D eigenvalue weighted by molar-refractivity contribution is 6.05. The summed E-state index contributed by atoms with van der Waals surface area (Å²) in [7, 11) is 0. The minimum absolute atomic E-state index is 0.115. The first kappa shape index (κ1) is 34.1. The number of hydrogen-bond donors (Lipinski definition) is 2. The molecule has 2 aromatic carbocycles. The maximum atomic E-state index is 15.0. The van der Waals surface area contributed by atoms with Gasteiger partial charge in [0.1, 0.15) is 17.7 Å². The summed E-state index contributed by atoms with van der Waals surface area (Å²) >= 11 is 0. The van der Waals surface area contributed by atoms with Gasteiger partial charge in [-0.15, -0.1) is 13.2 Å². The predicted molar refractivity (Wildman–Crippen MR) is 177 cm³/mol. The van der Waals surface area contributed by atoms with Gasteiger partial charge < -0.3 is 29.7 Å². The number of fused-ring (bicyclic) bond motifs is 1. The molecule has 2 aromatic rings. The van der Waals surface area contributed by atoms with Gasteiger partial charge in [0.15, 0.2) is 0 Å². The zero-order valence-electron chi connectivity index (χ0n) is 27.4. The molecule has 3 amide bonds. The number of aryl methyl sites for hydroxylation is 2. The van der Waals surface area contributed by atoms with Crippen LogP contribution in [-0.2, 0) is 28.7 Å². The Morgan fingerprint density at radius 2 is 1.91 bits per heavy atom. The van der Waals surface area contributed by atoms with Crippen LogP contribution in [0.1, 0.15) is 55.3 Å². The molecule has 2 bridgehead atoms. The van der Waals surface area contributed by atoms with Crippen LogP contribution in [0.15, 0.2) is 73.8 Å². The fourth-order valence-electron chi connectivity index (χ4n) is 7.50. The molecule has 10 heteroatoms. The summed E-state index contributed by atoms with van der Waals surface area (Å²) in [6.07, 6.45) is 3.71. The number of anilines is 1. The maximum absolute atomic E-state index is 15.0. The van der Waals surface area contributed by atoms with Crippen LogP contribution in [0, 0.1) is 25.7 Å². The summed E-state index contributed by atoms with van der Waals surface area (Å²) in [5, 5.41) is 13.5. The summed E-state index contributed by atoms with van der Waals surface area (Å²) in [4.78, 5) is 58.7. The van der Waals surface area contributed by atoms with Gasteiger partial charge in [-0.05, 0) is 62.8 Å². The van der Waals surface area contributed by atoms with Crippen LogP contribution in [0.2, 0.25) is 0 Å². The molecule has 10 nitrogen and oxygen atoms in total. The van der Waals surface area contributed by atoms with Crippen molar-refractivity contribution in [1.82, 2.24) is 10.2 Å². The van der Waals surface area contributed by atoms with Crippen molar-refractivity contribution in [3.05, 3.63) is 90.5 Å². The molecule has 7 atom stereocenters. The molecule has 0 unspecified atom stereocenters. The van der Waals surface area contributed by atoms with Gasteiger partial charge in [-0.2, -0.15) is 0 Å². The fraction of sp³-hybridized carbons (Fsp3) is 0.459. The molecule has 250 valence electrons. The van der Waals surface area contributed by atoms with Gasteiger partial charge in [0, 0.05) is 18.7 Å². The zero-order valence-corrected chi connectivity index (χ0v) is 27.4. The highest BCUT2D eigenvalue weighted by Gasteiger charge is 2.76. The molecule has 3 aliphatic heterocycles. The van der Waals surface area contributed by atoms with E-state index >= 15 is 0 Å². The van der Waals surface area contributed by atoms with Crippen LogP contribution in [0.25, 0.3) is 0 Å². The van der Waals surface area contributed by atoms with E-state index in [1.165, 1.54) is 4.90 Å². The van der Waals surface area contributed by atoms with Gasteiger partial charge >= 0.3 is 5.97 Å². The van der Waals surface area contributed by atoms with Crippen LogP contribution in [0.4, 0.5) is 5.69 Å². The molecular weight excluding hydrogens is 598 g/mol. The molecule has 0 saturated carbocycles. The minimum atomic E-state index is -1.30. The molecule has 3 aliphatic rings. The number of aliphatic hydroxyl groups is 1.